The van der Waals surface area contributed by atoms with Crippen molar-refractivity contribution in [2.75, 3.05) is 10.6 Å². The Hall–Kier alpha value is -4.12. The Bertz CT molecular complexity index is 1310. The molecule has 170 valence electrons. The molecule has 0 bridgehead atoms. The van der Waals surface area contributed by atoms with Gasteiger partial charge in [0.2, 0.25) is 0 Å². The minimum absolute atomic E-state index is 0.111. The average molecular weight is 469 g/mol. The first kappa shape index (κ1) is 22.1. The van der Waals surface area contributed by atoms with Crippen LogP contribution in [-0.2, 0) is 20.8 Å². The molecule has 11 nitrogen and oxygen atoms in total. The summed E-state index contributed by atoms with van der Waals surface area (Å²) in [5.74, 6) is -0.293. The van der Waals surface area contributed by atoms with E-state index in [9.17, 15) is 9.59 Å². The van der Waals surface area contributed by atoms with Crippen LogP contribution >= 0.6 is 11.6 Å². The molecule has 0 saturated heterocycles. The lowest BCUT2D eigenvalue weighted by Crippen LogP contribution is -2.21. The van der Waals surface area contributed by atoms with Crippen LogP contribution in [0.15, 0.2) is 48.9 Å². The molecule has 12 heteroatoms. The van der Waals surface area contributed by atoms with E-state index in [1.54, 1.807) is 61.5 Å². The average Bonchev–Trinajstić information content (AvgIpc) is 3.49. The molecule has 3 aromatic heterocycles. The number of aromatic nitrogens is 6. The Kier molecular flexibility index (Phi) is 6.13. The van der Waals surface area contributed by atoms with E-state index in [0.717, 1.165) is 5.69 Å². The van der Waals surface area contributed by atoms with Crippen molar-refractivity contribution in [1.29, 1.82) is 0 Å². The molecular weight excluding hydrogens is 448 g/mol. The summed E-state index contributed by atoms with van der Waals surface area (Å²) in [5.41, 5.74) is 1.97. The molecule has 4 rings (SSSR count). The number of hydrogen-bond acceptors (Lipinski definition) is 6. The van der Waals surface area contributed by atoms with Crippen molar-refractivity contribution in [3.63, 3.8) is 0 Å². The smallest absolute Gasteiger partial charge is 0.276 e. The van der Waals surface area contributed by atoms with Gasteiger partial charge in [-0.3, -0.25) is 19.0 Å². The second-order valence-electron chi connectivity index (χ2n) is 7.17. The third-order valence-electron chi connectivity index (χ3n) is 4.94. The van der Waals surface area contributed by atoms with E-state index in [2.05, 4.69) is 25.9 Å². The van der Waals surface area contributed by atoms with Gasteiger partial charge in [0.1, 0.15) is 11.4 Å². The summed E-state index contributed by atoms with van der Waals surface area (Å²) in [5, 5.41) is 18.5. The quantitative estimate of drug-likeness (QED) is 0.430. The third-order valence-corrected chi connectivity index (χ3v) is 5.19. The molecule has 1 aromatic carbocycles. The third kappa shape index (κ3) is 4.88. The number of aryl methyl sites for hydroxylation is 2. The van der Waals surface area contributed by atoms with Gasteiger partial charge in [-0.05, 0) is 37.3 Å². The lowest BCUT2D eigenvalue weighted by molar-refractivity contribution is 0.101. The summed E-state index contributed by atoms with van der Waals surface area (Å²) in [6.45, 7) is 1.95. The van der Waals surface area contributed by atoms with Crippen molar-refractivity contribution in [2.45, 2.75) is 13.7 Å². The molecule has 0 fully saturated rings. The molecule has 0 saturated carbocycles. The van der Waals surface area contributed by atoms with E-state index < -0.39 is 11.8 Å². The molecule has 0 aliphatic carbocycles. The Morgan fingerprint density at radius 3 is 2.33 bits per heavy atom. The van der Waals surface area contributed by atoms with Gasteiger partial charge < -0.3 is 15.4 Å². The lowest BCUT2D eigenvalue weighted by Gasteiger charge is -2.08. The predicted octanol–water partition coefficient (Wildman–Crippen LogP) is 2.85. The molecular formula is C21H21ClN8O3. The number of carbonyl (C=O) groups is 2. The highest BCUT2D eigenvalue weighted by molar-refractivity contribution is 6.30. The molecule has 0 spiro atoms. The van der Waals surface area contributed by atoms with Gasteiger partial charge in [-0.2, -0.15) is 15.3 Å². The van der Waals surface area contributed by atoms with Gasteiger partial charge in [0.25, 0.3) is 11.8 Å². The van der Waals surface area contributed by atoms with Crippen molar-refractivity contribution in [3.8, 4) is 5.75 Å². The standard InChI is InChI=1S/C21H21ClN8O3/c1-13-17(10-23-28(13)2)25-21(32)19-18(11-24-29(19)3)26-20(31)16-8-9-30(27-16)12-33-15-6-4-14(22)5-7-15/h4-11H,12H2,1-3H3,(H,25,32)(H,26,31). The van der Waals surface area contributed by atoms with Crippen molar-refractivity contribution in [1.82, 2.24) is 29.3 Å². The molecule has 2 N–H and O–H groups in total. The van der Waals surface area contributed by atoms with Crippen LogP contribution in [0.5, 0.6) is 5.75 Å². The summed E-state index contributed by atoms with van der Waals surface area (Å²) < 4.78 is 10.1. The molecule has 0 radical (unpaired) electrons. The molecule has 33 heavy (non-hydrogen) atoms. The van der Waals surface area contributed by atoms with E-state index in [-0.39, 0.29) is 23.8 Å². The summed E-state index contributed by atoms with van der Waals surface area (Å²) in [6, 6.07) is 8.46. The van der Waals surface area contributed by atoms with Crippen molar-refractivity contribution >= 4 is 34.8 Å². The number of nitrogens with one attached hydrogen (secondary N) is 2. The van der Waals surface area contributed by atoms with Gasteiger partial charge >= 0.3 is 0 Å². The maximum atomic E-state index is 12.8. The fraction of sp³-hybridized carbons (Fsp3) is 0.190. The summed E-state index contributed by atoms with van der Waals surface area (Å²) in [6.07, 6.45) is 4.58. The molecule has 0 aliphatic heterocycles. The first-order valence-electron chi connectivity index (χ1n) is 9.87. The van der Waals surface area contributed by atoms with Crippen LogP contribution in [0.2, 0.25) is 5.02 Å². The number of halogens is 1. The van der Waals surface area contributed by atoms with Crippen LogP contribution in [0.3, 0.4) is 0 Å². The van der Waals surface area contributed by atoms with Crippen LogP contribution in [0.25, 0.3) is 0 Å². The second-order valence-corrected chi connectivity index (χ2v) is 7.61. The molecule has 0 unspecified atom stereocenters. The van der Waals surface area contributed by atoms with Gasteiger partial charge in [0.15, 0.2) is 12.4 Å². The number of carbonyl (C=O) groups excluding carboxylic acids is 2. The Balaban J connectivity index is 1.42. The SMILES string of the molecule is Cc1c(NC(=O)c2c(NC(=O)c3ccn(COc4ccc(Cl)cc4)n3)cnn2C)cnn1C. The maximum absolute atomic E-state index is 12.8. The van der Waals surface area contributed by atoms with Crippen molar-refractivity contribution in [2.24, 2.45) is 14.1 Å². The predicted molar refractivity (Wildman–Crippen MR) is 121 cm³/mol. The number of hydrogen-bond donors (Lipinski definition) is 2. The molecule has 2 amide bonds. The highest BCUT2D eigenvalue weighted by atomic mass is 35.5. The number of amides is 2. The topological polar surface area (TPSA) is 121 Å². The van der Waals surface area contributed by atoms with E-state index in [0.29, 0.717) is 16.5 Å². The van der Waals surface area contributed by atoms with E-state index in [1.807, 2.05) is 6.92 Å². The zero-order chi connectivity index (χ0) is 23.5. The minimum Gasteiger partial charge on any atom is -0.471 e. The second kappa shape index (κ2) is 9.17. The van der Waals surface area contributed by atoms with Crippen LogP contribution in [0, 0.1) is 6.92 Å². The number of ether oxygens (including phenoxy) is 1. The Morgan fingerprint density at radius 2 is 1.64 bits per heavy atom. The fourth-order valence-electron chi connectivity index (χ4n) is 3.01. The Morgan fingerprint density at radius 1 is 0.970 bits per heavy atom. The van der Waals surface area contributed by atoms with Crippen LogP contribution in [0.1, 0.15) is 26.7 Å². The van der Waals surface area contributed by atoms with Gasteiger partial charge in [-0.25, -0.2) is 4.68 Å². The highest BCUT2D eigenvalue weighted by Gasteiger charge is 2.21. The minimum atomic E-state index is -0.486. The van der Waals surface area contributed by atoms with Crippen LogP contribution in [0.4, 0.5) is 11.4 Å². The largest absolute Gasteiger partial charge is 0.471 e. The highest BCUT2D eigenvalue weighted by Crippen LogP contribution is 2.19. The van der Waals surface area contributed by atoms with E-state index in [1.165, 1.54) is 15.6 Å². The maximum Gasteiger partial charge on any atom is 0.276 e. The van der Waals surface area contributed by atoms with E-state index in [4.69, 9.17) is 16.3 Å². The first-order valence-corrected chi connectivity index (χ1v) is 10.2. The first-order chi connectivity index (χ1) is 15.8. The van der Waals surface area contributed by atoms with Gasteiger partial charge in [0, 0.05) is 25.3 Å². The van der Waals surface area contributed by atoms with Gasteiger partial charge in [-0.15, -0.1) is 0 Å². The number of nitrogens with zero attached hydrogens (tertiary/aromatic N) is 6. The van der Waals surface area contributed by atoms with Crippen LogP contribution in [-0.4, -0.2) is 41.2 Å². The summed E-state index contributed by atoms with van der Waals surface area (Å²) >= 11 is 5.86. The monoisotopic (exact) mass is 468 g/mol. The zero-order valence-corrected chi connectivity index (χ0v) is 18.9. The zero-order valence-electron chi connectivity index (χ0n) is 18.1. The Labute approximate surface area is 193 Å². The number of rotatable bonds is 7. The molecule has 3 heterocycles. The number of benzene rings is 1. The fourth-order valence-corrected chi connectivity index (χ4v) is 3.14. The van der Waals surface area contributed by atoms with Gasteiger partial charge in [0.05, 0.1) is 29.5 Å². The van der Waals surface area contributed by atoms with Gasteiger partial charge in [-0.1, -0.05) is 11.6 Å². The molecule has 0 aliphatic rings. The summed E-state index contributed by atoms with van der Waals surface area (Å²) in [4.78, 5) is 25.6. The molecule has 0 atom stereocenters. The summed E-state index contributed by atoms with van der Waals surface area (Å²) in [7, 11) is 3.39. The van der Waals surface area contributed by atoms with Crippen molar-refractivity contribution < 1.29 is 14.3 Å². The number of anilines is 2. The normalized spacial score (nSPS) is 10.8. The van der Waals surface area contributed by atoms with Crippen molar-refractivity contribution in [3.05, 3.63) is 71.0 Å². The van der Waals surface area contributed by atoms with Crippen LogP contribution < -0.4 is 15.4 Å². The lowest BCUT2D eigenvalue weighted by atomic mass is 10.3. The van der Waals surface area contributed by atoms with E-state index >= 15 is 0 Å². The molecule has 4 aromatic rings.